The van der Waals surface area contributed by atoms with Crippen molar-refractivity contribution in [3.8, 4) is 55.9 Å². The molecule has 0 fully saturated rings. The van der Waals surface area contributed by atoms with Crippen molar-refractivity contribution in [2.24, 2.45) is 0 Å². The summed E-state index contributed by atoms with van der Waals surface area (Å²) in [5.74, 6) is 2.08. The van der Waals surface area contributed by atoms with Crippen molar-refractivity contribution in [3.63, 3.8) is 0 Å². The van der Waals surface area contributed by atoms with Crippen molar-refractivity contribution in [1.82, 2.24) is 24.9 Å². The molecule has 46 heavy (non-hydrogen) atoms. The molecule has 5 nitrogen and oxygen atoms in total. The average molecular weight is 592 g/mol. The largest absolute Gasteiger partial charge is 0.263 e. The van der Waals surface area contributed by atoms with Crippen molar-refractivity contribution >= 4 is 21.5 Å². The number of nitrogens with zero attached hydrogens (tertiary/aromatic N) is 5. The van der Waals surface area contributed by atoms with Gasteiger partial charge in [0.1, 0.15) is 11.6 Å². The maximum Gasteiger partial charge on any atom is 0.163 e. The summed E-state index contributed by atoms with van der Waals surface area (Å²) in [6, 6.07) is 40.7. The van der Waals surface area contributed by atoms with Crippen LogP contribution < -0.4 is 0 Å². The maximum atomic E-state index is 4.70. The molecule has 0 N–H and O–H groups in total. The second kappa shape index (κ2) is 11.5. The number of benzene rings is 5. The number of aromatic nitrogens is 5. The van der Waals surface area contributed by atoms with Gasteiger partial charge in [0.15, 0.2) is 5.82 Å². The normalized spacial score (nSPS) is 11.3. The van der Waals surface area contributed by atoms with E-state index in [0.717, 1.165) is 60.8 Å². The third kappa shape index (κ3) is 5.18. The van der Waals surface area contributed by atoms with Gasteiger partial charge in [0.05, 0.1) is 0 Å². The van der Waals surface area contributed by atoms with Gasteiger partial charge in [-0.1, -0.05) is 97.1 Å². The lowest BCUT2D eigenvalue weighted by Gasteiger charge is -2.13. The lowest BCUT2D eigenvalue weighted by Crippen LogP contribution is -1.99. The molecule has 0 bridgehead atoms. The molecule has 0 amide bonds. The van der Waals surface area contributed by atoms with Gasteiger partial charge in [0.25, 0.3) is 0 Å². The summed E-state index contributed by atoms with van der Waals surface area (Å²) in [6.45, 7) is 3.81. The first-order valence-electron chi connectivity index (χ1n) is 15.3. The zero-order valence-electron chi connectivity index (χ0n) is 25.5. The van der Waals surface area contributed by atoms with E-state index in [-0.39, 0.29) is 0 Å². The average Bonchev–Trinajstić information content (AvgIpc) is 3.11. The smallest absolute Gasteiger partial charge is 0.163 e. The van der Waals surface area contributed by atoms with Crippen LogP contribution in [0.3, 0.4) is 0 Å². The molecule has 0 aliphatic carbocycles. The monoisotopic (exact) mass is 591 g/mol. The van der Waals surface area contributed by atoms with Crippen LogP contribution >= 0.6 is 0 Å². The van der Waals surface area contributed by atoms with E-state index in [0.29, 0.717) is 17.5 Å². The van der Waals surface area contributed by atoms with Crippen molar-refractivity contribution in [2.75, 3.05) is 0 Å². The van der Waals surface area contributed by atoms with E-state index >= 15 is 0 Å². The number of hydrogen-bond acceptors (Lipinski definition) is 5. The van der Waals surface area contributed by atoms with Crippen LogP contribution in [0.1, 0.15) is 11.6 Å². The Labute approximate surface area is 267 Å². The highest BCUT2D eigenvalue weighted by molar-refractivity contribution is 5.97. The molecule has 0 saturated carbocycles. The molecular formula is C41H29N5. The van der Waals surface area contributed by atoms with Crippen LogP contribution in [-0.2, 0) is 0 Å². The van der Waals surface area contributed by atoms with E-state index < -0.39 is 0 Å². The first-order valence-corrected chi connectivity index (χ1v) is 15.3. The zero-order valence-corrected chi connectivity index (χ0v) is 25.5. The van der Waals surface area contributed by atoms with E-state index in [1.807, 2.05) is 50.8 Å². The van der Waals surface area contributed by atoms with E-state index in [9.17, 15) is 0 Å². The van der Waals surface area contributed by atoms with Gasteiger partial charge in [0, 0.05) is 52.3 Å². The third-order valence-electron chi connectivity index (χ3n) is 8.45. The highest BCUT2D eigenvalue weighted by Crippen LogP contribution is 2.35. The first-order chi connectivity index (χ1) is 22.6. The van der Waals surface area contributed by atoms with Gasteiger partial charge in [0.2, 0.25) is 0 Å². The third-order valence-corrected chi connectivity index (χ3v) is 8.45. The molecule has 5 aromatic carbocycles. The molecule has 5 heteroatoms. The fraction of sp³-hybridized carbons (Fsp3) is 0.0488. The van der Waals surface area contributed by atoms with Crippen LogP contribution in [0, 0.1) is 13.8 Å². The van der Waals surface area contributed by atoms with Gasteiger partial charge in [-0.05, 0) is 76.2 Å². The number of pyridine rings is 2. The summed E-state index contributed by atoms with van der Waals surface area (Å²) in [4.78, 5) is 22.8. The number of aryl methyl sites for hydroxylation is 2. The Morgan fingerprint density at radius 1 is 0.370 bits per heavy atom. The summed E-state index contributed by atoms with van der Waals surface area (Å²) in [5.41, 5.74) is 9.86. The topological polar surface area (TPSA) is 64.5 Å². The molecule has 218 valence electrons. The van der Waals surface area contributed by atoms with Gasteiger partial charge < -0.3 is 0 Å². The standard InChI is InChI=1S/C41H29N5/c1-26-44-27(2)46-41(45-26)36-20-34(28-11-15-30(16-12-28)39-24-42-22-32-7-3-5-9-37(32)39)19-35(21-36)29-13-17-31(18-14-29)40-25-43-23-33-8-4-6-10-38(33)40/h3-25H,1-2H3. The minimum atomic E-state index is 0.671. The van der Waals surface area contributed by atoms with Gasteiger partial charge in [-0.25, -0.2) is 15.0 Å². The molecule has 0 aliphatic heterocycles. The lowest BCUT2D eigenvalue weighted by molar-refractivity contribution is 0.928. The molecule has 8 aromatic rings. The van der Waals surface area contributed by atoms with Crippen LogP contribution in [0.4, 0.5) is 0 Å². The summed E-state index contributed by atoms with van der Waals surface area (Å²) in [7, 11) is 0. The molecule has 3 aromatic heterocycles. The Hall–Kier alpha value is -6.07. The van der Waals surface area contributed by atoms with Crippen LogP contribution in [0.2, 0.25) is 0 Å². The minimum Gasteiger partial charge on any atom is -0.263 e. The number of rotatable bonds is 5. The number of fused-ring (bicyclic) bond motifs is 2. The van der Waals surface area contributed by atoms with Crippen LogP contribution in [0.25, 0.3) is 77.4 Å². The fourth-order valence-electron chi connectivity index (χ4n) is 6.21. The Bertz CT molecular complexity index is 2210. The first kappa shape index (κ1) is 27.5. The van der Waals surface area contributed by atoms with Gasteiger partial charge in [-0.15, -0.1) is 0 Å². The van der Waals surface area contributed by atoms with Crippen LogP contribution in [0.5, 0.6) is 0 Å². The quantitative estimate of drug-likeness (QED) is 0.199. The predicted molar refractivity (Wildman–Crippen MR) is 187 cm³/mol. The molecule has 0 unspecified atom stereocenters. The Morgan fingerprint density at radius 3 is 1.26 bits per heavy atom. The molecule has 0 spiro atoms. The maximum absolute atomic E-state index is 4.70. The lowest BCUT2D eigenvalue weighted by atomic mass is 9.93. The Kier molecular flexibility index (Phi) is 6.84. The van der Waals surface area contributed by atoms with Crippen LogP contribution in [-0.4, -0.2) is 24.9 Å². The SMILES string of the molecule is Cc1nc(C)nc(-c2cc(-c3ccc(-c4cncc5ccccc45)cc3)cc(-c3ccc(-c4cncc5ccccc45)cc3)c2)n1. The number of hydrogen-bond donors (Lipinski definition) is 0. The van der Waals surface area contributed by atoms with Crippen molar-refractivity contribution in [2.45, 2.75) is 13.8 Å². The zero-order chi connectivity index (χ0) is 31.0. The second-order valence-electron chi connectivity index (χ2n) is 11.5. The van der Waals surface area contributed by atoms with E-state index in [1.165, 1.54) is 10.8 Å². The highest BCUT2D eigenvalue weighted by Gasteiger charge is 2.13. The Balaban J connectivity index is 1.21. The summed E-state index contributed by atoms with van der Waals surface area (Å²) < 4.78 is 0. The second-order valence-corrected chi connectivity index (χ2v) is 11.5. The fourth-order valence-corrected chi connectivity index (χ4v) is 6.21. The summed E-state index contributed by atoms with van der Waals surface area (Å²) in [6.07, 6.45) is 7.71. The van der Waals surface area contributed by atoms with E-state index in [1.54, 1.807) is 0 Å². The molecule has 0 radical (unpaired) electrons. The summed E-state index contributed by atoms with van der Waals surface area (Å²) in [5, 5.41) is 4.65. The molecular weight excluding hydrogens is 562 g/mol. The van der Waals surface area contributed by atoms with Crippen molar-refractivity contribution in [3.05, 3.63) is 152 Å². The van der Waals surface area contributed by atoms with Gasteiger partial charge >= 0.3 is 0 Å². The van der Waals surface area contributed by atoms with Gasteiger partial charge in [-0.3, -0.25) is 9.97 Å². The van der Waals surface area contributed by atoms with E-state index in [4.69, 9.17) is 9.97 Å². The predicted octanol–water partition coefficient (Wildman–Crippen LogP) is 9.92. The molecule has 0 aliphatic rings. The van der Waals surface area contributed by atoms with Crippen LogP contribution in [0.15, 0.2) is 140 Å². The molecule has 0 atom stereocenters. The van der Waals surface area contributed by atoms with Crippen molar-refractivity contribution in [1.29, 1.82) is 0 Å². The molecule has 0 saturated heterocycles. The molecule has 8 rings (SSSR count). The van der Waals surface area contributed by atoms with E-state index in [2.05, 4.69) is 118 Å². The molecule has 3 heterocycles. The minimum absolute atomic E-state index is 0.671. The summed E-state index contributed by atoms with van der Waals surface area (Å²) >= 11 is 0. The Morgan fingerprint density at radius 2 is 0.783 bits per heavy atom. The van der Waals surface area contributed by atoms with Crippen molar-refractivity contribution < 1.29 is 0 Å². The highest BCUT2D eigenvalue weighted by atomic mass is 15.0. The van der Waals surface area contributed by atoms with Gasteiger partial charge in [-0.2, -0.15) is 0 Å².